The monoisotopic (exact) mass is 115 g/mol. The highest BCUT2D eigenvalue weighted by atomic mass is 16.5. The van der Waals surface area contributed by atoms with Gasteiger partial charge in [0.05, 0.1) is 6.61 Å². The van der Waals surface area contributed by atoms with Crippen LogP contribution in [0.5, 0.6) is 0 Å². The fourth-order valence-electron chi connectivity index (χ4n) is 0.208. The van der Waals surface area contributed by atoms with Gasteiger partial charge in [0.1, 0.15) is 0 Å². The minimum Gasteiger partial charge on any atom is -0.448 e. The van der Waals surface area contributed by atoms with Crippen LogP contribution < -0.4 is 5.73 Å². The first-order valence-corrected chi connectivity index (χ1v) is 2.14. The molecule has 8 heavy (non-hydrogen) atoms. The van der Waals surface area contributed by atoms with Gasteiger partial charge in [0, 0.05) is 0 Å². The second-order valence-electron chi connectivity index (χ2n) is 0.940. The average Bonchev–Trinajstić information content (AvgIpc) is 1.68. The van der Waals surface area contributed by atoms with Gasteiger partial charge >= 0.3 is 6.09 Å². The zero-order chi connectivity index (χ0) is 6.41. The number of hydrogen-bond donors (Lipinski definition) is 1. The molecular formula is C4H7N2O2. The first-order valence-electron chi connectivity index (χ1n) is 2.14. The molecule has 0 aliphatic carbocycles. The second-order valence-corrected chi connectivity index (χ2v) is 0.940. The summed E-state index contributed by atoms with van der Waals surface area (Å²) >= 11 is 0. The van der Waals surface area contributed by atoms with Crippen molar-refractivity contribution in [3.63, 3.8) is 0 Å². The Morgan fingerprint density at radius 3 is 3.00 bits per heavy atom. The standard InChI is InChI=1S/C4H7N2O2/c1-2-8-4(7)6-3-5/h2H2,1H3,(H2,5,6,7). The molecule has 2 N–H and O–H groups in total. The normalized spacial score (nSPS) is 9.62. The zero-order valence-electron chi connectivity index (χ0n) is 4.55. The molecule has 1 amide bonds. The number of nitrogens with two attached hydrogens (primary N) is 1. The number of aliphatic imine (C=N–C) groups is 1. The van der Waals surface area contributed by atoms with E-state index in [-0.39, 0.29) is 0 Å². The summed E-state index contributed by atoms with van der Waals surface area (Å²) in [6.07, 6.45) is 1.10. The van der Waals surface area contributed by atoms with Crippen LogP contribution in [0.15, 0.2) is 4.99 Å². The van der Waals surface area contributed by atoms with E-state index in [1.165, 1.54) is 0 Å². The Bertz CT molecular complexity index is 100. The molecule has 0 rings (SSSR count). The molecule has 0 heterocycles. The Labute approximate surface area is 47.3 Å². The van der Waals surface area contributed by atoms with Crippen LogP contribution in [0.1, 0.15) is 6.92 Å². The lowest BCUT2D eigenvalue weighted by Gasteiger charge is -1.90. The Morgan fingerprint density at radius 2 is 2.62 bits per heavy atom. The SMILES string of the molecule is CCOC(=O)/N=[C]\N. The number of rotatable bonds is 1. The quantitative estimate of drug-likeness (QED) is 0.297. The Morgan fingerprint density at radius 1 is 2.00 bits per heavy atom. The molecule has 0 spiro atoms. The maximum absolute atomic E-state index is 10.1. The molecule has 4 heteroatoms. The molecule has 0 atom stereocenters. The lowest BCUT2D eigenvalue weighted by Crippen LogP contribution is -2.00. The molecule has 0 aliphatic rings. The van der Waals surface area contributed by atoms with E-state index in [0.717, 1.165) is 0 Å². The topological polar surface area (TPSA) is 64.7 Å². The average molecular weight is 115 g/mol. The van der Waals surface area contributed by atoms with Crippen molar-refractivity contribution < 1.29 is 9.53 Å². The first-order chi connectivity index (χ1) is 3.81. The summed E-state index contributed by atoms with van der Waals surface area (Å²) in [5.74, 6) is 0. The lowest BCUT2D eigenvalue weighted by atomic mass is 10.9. The molecule has 0 aliphatic heterocycles. The van der Waals surface area contributed by atoms with Crippen LogP contribution in [0.2, 0.25) is 0 Å². The third-order valence-corrected chi connectivity index (χ3v) is 0.424. The number of nitrogens with zero attached hydrogens (tertiary/aromatic N) is 1. The first kappa shape index (κ1) is 6.94. The van der Waals surface area contributed by atoms with Crippen LogP contribution >= 0.6 is 0 Å². The van der Waals surface area contributed by atoms with Crippen LogP contribution in [-0.4, -0.2) is 19.0 Å². The van der Waals surface area contributed by atoms with E-state index in [9.17, 15) is 4.79 Å². The molecule has 1 radical (unpaired) electrons. The summed E-state index contributed by atoms with van der Waals surface area (Å²) in [6.45, 7) is 1.99. The van der Waals surface area contributed by atoms with Crippen molar-refractivity contribution in [2.24, 2.45) is 10.7 Å². The van der Waals surface area contributed by atoms with Crippen LogP contribution in [-0.2, 0) is 4.74 Å². The van der Waals surface area contributed by atoms with Gasteiger partial charge in [0.15, 0.2) is 6.34 Å². The Hall–Kier alpha value is -1.06. The van der Waals surface area contributed by atoms with Gasteiger partial charge in [-0.15, -0.1) is 0 Å². The fraction of sp³-hybridized carbons (Fsp3) is 0.500. The maximum atomic E-state index is 10.1. The van der Waals surface area contributed by atoms with E-state index >= 15 is 0 Å². The molecular weight excluding hydrogens is 108 g/mol. The van der Waals surface area contributed by atoms with E-state index < -0.39 is 6.09 Å². The van der Waals surface area contributed by atoms with Gasteiger partial charge < -0.3 is 10.5 Å². The number of carbonyl (C=O) groups excluding carboxylic acids is 1. The van der Waals surface area contributed by atoms with Crippen LogP contribution in [0.25, 0.3) is 0 Å². The minimum absolute atomic E-state index is 0.310. The summed E-state index contributed by atoms with van der Waals surface area (Å²) in [5, 5.41) is 0. The van der Waals surface area contributed by atoms with E-state index in [2.05, 4.69) is 15.5 Å². The van der Waals surface area contributed by atoms with Gasteiger partial charge in [-0.1, -0.05) is 0 Å². The van der Waals surface area contributed by atoms with E-state index in [1.807, 2.05) is 0 Å². The van der Waals surface area contributed by atoms with Crippen molar-refractivity contribution in [2.75, 3.05) is 6.61 Å². The summed E-state index contributed by atoms with van der Waals surface area (Å²) in [5.41, 5.74) is 4.64. The van der Waals surface area contributed by atoms with Crippen molar-refractivity contribution >= 4 is 12.4 Å². The van der Waals surface area contributed by atoms with Crippen molar-refractivity contribution in [1.82, 2.24) is 0 Å². The largest absolute Gasteiger partial charge is 0.448 e. The lowest BCUT2D eigenvalue weighted by molar-refractivity contribution is 0.163. The predicted octanol–water partition coefficient (Wildman–Crippen LogP) is 0.00690. The van der Waals surface area contributed by atoms with E-state index in [1.54, 1.807) is 13.3 Å². The molecule has 4 nitrogen and oxygen atoms in total. The van der Waals surface area contributed by atoms with Crippen molar-refractivity contribution in [2.45, 2.75) is 6.92 Å². The molecule has 0 fully saturated rings. The highest BCUT2D eigenvalue weighted by molar-refractivity contribution is 5.77. The Balaban J connectivity index is 3.33. The van der Waals surface area contributed by atoms with Crippen LogP contribution in [0.4, 0.5) is 4.79 Å². The number of hydrogen-bond acceptors (Lipinski definition) is 2. The number of carbonyl (C=O) groups is 1. The van der Waals surface area contributed by atoms with E-state index in [4.69, 9.17) is 0 Å². The molecule has 0 saturated heterocycles. The third kappa shape index (κ3) is 3.14. The van der Waals surface area contributed by atoms with Gasteiger partial charge in [-0.05, 0) is 6.92 Å². The molecule has 0 aromatic heterocycles. The van der Waals surface area contributed by atoms with Gasteiger partial charge in [-0.2, -0.15) is 4.99 Å². The van der Waals surface area contributed by atoms with E-state index in [0.29, 0.717) is 6.61 Å². The molecule has 0 saturated carbocycles. The second kappa shape index (κ2) is 4.11. The molecule has 0 unspecified atom stereocenters. The minimum atomic E-state index is -0.699. The molecule has 0 aromatic carbocycles. The summed E-state index contributed by atoms with van der Waals surface area (Å²) in [7, 11) is 0. The summed E-state index contributed by atoms with van der Waals surface area (Å²) < 4.78 is 4.33. The number of ether oxygens (including phenoxy) is 1. The van der Waals surface area contributed by atoms with Crippen molar-refractivity contribution in [3.8, 4) is 0 Å². The molecule has 0 aromatic rings. The summed E-state index contributed by atoms with van der Waals surface area (Å²) in [4.78, 5) is 13.1. The molecule has 45 valence electrons. The Kier molecular flexibility index (Phi) is 3.56. The van der Waals surface area contributed by atoms with Gasteiger partial charge in [0.2, 0.25) is 0 Å². The smallest absolute Gasteiger partial charge is 0.435 e. The van der Waals surface area contributed by atoms with Crippen LogP contribution in [0.3, 0.4) is 0 Å². The number of amides is 1. The highest BCUT2D eigenvalue weighted by Gasteiger charge is 1.91. The van der Waals surface area contributed by atoms with Gasteiger partial charge in [-0.25, -0.2) is 4.79 Å². The summed E-state index contributed by atoms with van der Waals surface area (Å²) in [6, 6.07) is 0. The predicted molar refractivity (Wildman–Crippen MR) is 28.6 cm³/mol. The maximum Gasteiger partial charge on any atom is 0.435 e. The van der Waals surface area contributed by atoms with Crippen LogP contribution in [0, 0.1) is 0 Å². The third-order valence-electron chi connectivity index (χ3n) is 0.424. The van der Waals surface area contributed by atoms with Crippen molar-refractivity contribution in [1.29, 1.82) is 0 Å². The molecule has 0 bridgehead atoms. The fourth-order valence-corrected chi connectivity index (χ4v) is 0.208. The highest BCUT2D eigenvalue weighted by Crippen LogP contribution is 1.78. The van der Waals surface area contributed by atoms with Gasteiger partial charge in [0.25, 0.3) is 0 Å². The van der Waals surface area contributed by atoms with Gasteiger partial charge in [-0.3, -0.25) is 0 Å². The zero-order valence-corrected chi connectivity index (χ0v) is 4.55. The van der Waals surface area contributed by atoms with Crippen molar-refractivity contribution in [3.05, 3.63) is 0 Å².